The first kappa shape index (κ1) is 51.8. The van der Waals surface area contributed by atoms with Crippen LogP contribution >= 0.6 is 0 Å². The van der Waals surface area contributed by atoms with Crippen molar-refractivity contribution in [3.8, 4) is 0 Å². The van der Waals surface area contributed by atoms with E-state index >= 15 is 0 Å². The predicted molar refractivity (Wildman–Crippen MR) is 221 cm³/mol. The van der Waals surface area contributed by atoms with Crippen LogP contribution in [0.15, 0.2) is 24.3 Å². The molecule has 0 aliphatic heterocycles. The number of esters is 2. The molecule has 2 atom stereocenters. The maximum atomic E-state index is 12.7. The number of allylic oxidation sites excluding steroid dienone is 4. The molecule has 0 aliphatic rings. The van der Waals surface area contributed by atoms with Crippen molar-refractivity contribution in [1.29, 1.82) is 0 Å². The highest BCUT2D eigenvalue weighted by molar-refractivity contribution is 5.71. The van der Waals surface area contributed by atoms with E-state index in [2.05, 4.69) is 38.2 Å². The molecule has 0 aliphatic carbocycles. The van der Waals surface area contributed by atoms with E-state index in [1.54, 1.807) is 0 Å². The second-order valence-corrected chi connectivity index (χ2v) is 16.0. The number of hydrogen-bond donors (Lipinski definition) is 1. The molecule has 2 unspecified atom stereocenters. The molecule has 0 aromatic carbocycles. The number of nitrogens with zero attached hydrogens (tertiary/aromatic N) is 1. The van der Waals surface area contributed by atoms with Crippen LogP contribution in [0.5, 0.6) is 0 Å². The summed E-state index contributed by atoms with van der Waals surface area (Å²) in [4.78, 5) is 36.9. The Kier molecular flexibility index (Phi) is 36.1. The maximum Gasteiger partial charge on any atom is 0.361 e. The Morgan fingerprint density at radius 1 is 0.556 bits per heavy atom. The Hall–Kier alpha value is -2.23. The molecule has 0 spiro atoms. The van der Waals surface area contributed by atoms with E-state index in [-0.39, 0.29) is 32.2 Å². The average molecular weight is 767 g/mol. The summed E-state index contributed by atoms with van der Waals surface area (Å²) in [5.41, 5.74) is 0. The van der Waals surface area contributed by atoms with Crippen LogP contribution in [-0.2, 0) is 33.3 Å². The van der Waals surface area contributed by atoms with Gasteiger partial charge in [0.05, 0.1) is 34.4 Å². The minimum Gasteiger partial charge on any atom is -0.477 e. The van der Waals surface area contributed by atoms with Crippen molar-refractivity contribution >= 4 is 17.9 Å². The standard InChI is InChI=1S/C45H83NO8/c1-6-8-10-12-14-16-17-18-19-20-21-22-23-24-25-26-27-28-30-32-34-36-43(48)54-41(40-53-45(44(49)50)51-38-37-46(3,4)5)39-52-42(47)35-33-31-29-15-13-11-9-7-2/h17-18,20-21,41,45H,6-16,19,22-40H2,1-5H3/p+1/b18-17-,21-20-. The van der Waals surface area contributed by atoms with Crippen molar-refractivity contribution in [2.45, 2.75) is 200 Å². The molecule has 9 nitrogen and oxygen atoms in total. The van der Waals surface area contributed by atoms with Crippen LogP contribution in [0.1, 0.15) is 187 Å². The molecular weight excluding hydrogens is 682 g/mol. The Morgan fingerprint density at radius 2 is 1.00 bits per heavy atom. The third kappa shape index (κ3) is 38.1. The van der Waals surface area contributed by atoms with Crippen molar-refractivity contribution in [1.82, 2.24) is 0 Å². The molecule has 0 fully saturated rings. The minimum atomic E-state index is -1.50. The van der Waals surface area contributed by atoms with Gasteiger partial charge in [-0.2, -0.15) is 0 Å². The largest absolute Gasteiger partial charge is 0.477 e. The molecule has 0 heterocycles. The van der Waals surface area contributed by atoms with Crippen LogP contribution < -0.4 is 0 Å². The summed E-state index contributed by atoms with van der Waals surface area (Å²) in [5.74, 6) is -2.01. The fourth-order valence-electron chi connectivity index (χ4n) is 5.98. The smallest absolute Gasteiger partial charge is 0.361 e. The Balaban J connectivity index is 4.33. The first-order valence-corrected chi connectivity index (χ1v) is 22.0. The molecule has 0 saturated heterocycles. The third-order valence-corrected chi connectivity index (χ3v) is 9.46. The van der Waals surface area contributed by atoms with Gasteiger partial charge in [-0.25, -0.2) is 4.79 Å². The highest BCUT2D eigenvalue weighted by atomic mass is 16.7. The number of ether oxygens (including phenoxy) is 4. The van der Waals surface area contributed by atoms with Crippen LogP contribution in [0.3, 0.4) is 0 Å². The number of carbonyl (C=O) groups is 3. The zero-order chi connectivity index (χ0) is 40.0. The Labute approximate surface area is 331 Å². The summed E-state index contributed by atoms with van der Waals surface area (Å²) in [6, 6.07) is 0. The second kappa shape index (κ2) is 37.7. The van der Waals surface area contributed by atoms with Gasteiger partial charge in [0.2, 0.25) is 0 Å². The third-order valence-electron chi connectivity index (χ3n) is 9.46. The monoisotopic (exact) mass is 767 g/mol. The summed E-state index contributed by atoms with van der Waals surface area (Å²) in [5, 5.41) is 9.60. The lowest BCUT2D eigenvalue weighted by Gasteiger charge is -2.25. The molecule has 0 aromatic heterocycles. The van der Waals surface area contributed by atoms with E-state index in [4.69, 9.17) is 18.9 Å². The lowest BCUT2D eigenvalue weighted by atomic mass is 10.1. The van der Waals surface area contributed by atoms with Gasteiger partial charge in [0.15, 0.2) is 6.10 Å². The number of carboxylic acid groups (broad SMARTS) is 1. The number of carbonyl (C=O) groups excluding carboxylic acids is 2. The van der Waals surface area contributed by atoms with Gasteiger partial charge in [-0.05, 0) is 44.9 Å². The van der Waals surface area contributed by atoms with Gasteiger partial charge < -0.3 is 28.5 Å². The van der Waals surface area contributed by atoms with E-state index in [1.807, 2.05) is 21.1 Å². The molecule has 1 N–H and O–H groups in total. The summed E-state index contributed by atoms with van der Waals surface area (Å²) in [6.07, 6.45) is 36.8. The summed E-state index contributed by atoms with van der Waals surface area (Å²) in [7, 11) is 5.95. The molecule has 54 heavy (non-hydrogen) atoms. The molecule has 9 heteroatoms. The van der Waals surface area contributed by atoms with E-state index < -0.39 is 24.3 Å². The van der Waals surface area contributed by atoms with Gasteiger partial charge >= 0.3 is 17.9 Å². The lowest BCUT2D eigenvalue weighted by Crippen LogP contribution is -2.40. The van der Waals surface area contributed by atoms with Crippen LogP contribution in [0.4, 0.5) is 0 Å². The molecule has 0 saturated carbocycles. The molecule has 0 amide bonds. The summed E-state index contributed by atoms with van der Waals surface area (Å²) < 4.78 is 22.6. The first-order chi connectivity index (χ1) is 26.1. The van der Waals surface area contributed by atoms with Crippen LogP contribution in [0.25, 0.3) is 0 Å². The summed E-state index contributed by atoms with van der Waals surface area (Å²) in [6.45, 7) is 4.82. The van der Waals surface area contributed by atoms with Gasteiger partial charge in [0.25, 0.3) is 6.29 Å². The number of hydrogen-bond acceptors (Lipinski definition) is 7. The molecule has 316 valence electrons. The number of quaternary nitrogens is 1. The lowest BCUT2D eigenvalue weighted by molar-refractivity contribution is -0.870. The number of likely N-dealkylation sites (N-methyl/N-ethyl adjacent to an activating group) is 1. The van der Waals surface area contributed by atoms with Crippen LogP contribution in [-0.4, -0.2) is 87.4 Å². The van der Waals surface area contributed by atoms with Crippen molar-refractivity contribution < 1.29 is 42.9 Å². The molecular formula is C45H84NO8+. The highest BCUT2D eigenvalue weighted by Crippen LogP contribution is 2.14. The maximum absolute atomic E-state index is 12.7. The molecule has 0 aromatic rings. The quantitative estimate of drug-likeness (QED) is 0.0216. The van der Waals surface area contributed by atoms with E-state index in [1.165, 1.54) is 109 Å². The normalized spacial score (nSPS) is 13.1. The number of aliphatic carboxylic acids is 1. The van der Waals surface area contributed by atoms with Crippen molar-refractivity contribution in [3.63, 3.8) is 0 Å². The number of rotatable bonds is 40. The minimum absolute atomic E-state index is 0.181. The Morgan fingerprint density at radius 3 is 1.46 bits per heavy atom. The topological polar surface area (TPSA) is 108 Å². The van der Waals surface area contributed by atoms with Crippen LogP contribution in [0.2, 0.25) is 0 Å². The fraction of sp³-hybridized carbons (Fsp3) is 0.844. The number of unbranched alkanes of at least 4 members (excludes halogenated alkanes) is 21. The van der Waals surface area contributed by atoms with Crippen LogP contribution in [0, 0.1) is 0 Å². The SMILES string of the molecule is CCCCCCC/C=C\C/C=C\CCCCCCCCCCCC(=O)OC(COC(=O)CCCCCCCCCC)COC(OCC[N+](C)(C)C)C(=O)O. The van der Waals surface area contributed by atoms with Crippen molar-refractivity contribution in [3.05, 3.63) is 24.3 Å². The van der Waals surface area contributed by atoms with Gasteiger partial charge in [-0.1, -0.05) is 154 Å². The van der Waals surface area contributed by atoms with E-state index in [9.17, 15) is 19.5 Å². The van der Waals surface area contributed by atoms with Gasteiger partial charge in [-0.3, -0.25) is 9.59 Å². The van der Waals surface area contributed by atoms with E-state index in [0.717, 1.165) is 51.4 Å². The zero-order valence-electron chi connectivity index (χ0n) is 35.6. The average Bonchev–Trinajstić information content (AvgIpc) is 3.12. The first-order valence-electron chi connectivity index (χ1n) is 22.0. The summed E-state index contributed by atoms with van der Waals surface area (Å²) >= 11 is 0. The molecule has 0 radical (unpaired) electrons. The fourth-order valence-corrected chi connectivity index (χ4v) is 5.98. The van der Waals surface area contributed by atoms with Crippen molar-refractivity contribution in [2.24, 2.45) is 0 Å². The zero-order valence-corrected chi connectivity index (χ0v) is 35.6. The van der Waals surface area contributed by atoms with Gasteiger partial charge in [-0.15, -0.1) is 0 Å². The predicted octanol–water partition coefficient (Wildman–Crippen LogP) is 11.3. The Bertz CT molecular complexity index is 944. The second-order valence-electron chi connectivity index (χ2n) is 16.0. The van der Waals surface area contributed by atoms with Gasteiger partial charge in [0.1, 0.15) is 13.2 Å². The van der Waals surface area contributed by atoms with Crippen molar-refractivity contribution in [2.75, 3.05) is 47.5 Å². The molecule has 0 bridgehead atoms. The molecule has 0 rings (SSSR count). The highest BCUT2D eigenvalue weighted by Gasteiger charge is 2.25. The number of carboxylic acids is 1. The van der Waals surface area contributed by atoms with E-state index in [0.29, 0.717) is 17.4 Å². The van der Waals surface area contributed by atoms with Gasteiger partial charge in [0, 0.05) is 12.8 Å².